The van der Waals surface area contributed by atoms with Crippen molar-refractivity contribution < 1.29 is 32.9 Å². The van der Waals surface area contributed by atoms with Gasteiger partial charge in [0.15, 0.2) is 0 Å². The van der Waals surface area contributed by atoms with E-state index in [1.807, 2.05) is 27.7 Å². The lowest BCUT2D eigenvalue weighted by Gasteiger charge is -2.23. The van der Waals surface area contributed by atoms with E-state index in [0.29, 0.717) is 6.42 Å². The highest BCUT2D eigenvalue weighted by Gasteiger charge is 2.30. The molecule has 3 atom stereocenters. The van der Waals surface area contributed by atoms with Gasteiger partial charge in [-0.3, -0.25) is 9.59 Å². The van der Waals surface area contributed by atoms with Crippen LogP contribution in [-0.4, -0.2) is 58.1 Å². The van der Waals surface area contributed by atoms with Crippen LogP contribution in [0.3, 0.4) is 0 Å². The monoisotopic (exact) mass is 565 g/mol. The Morgan fingerprint density at radius 3 is 2.05 bits per heavy atom. The molecule has 39 heavy (non-hydrogen) atoms. The molecule has 0 heterocycles. The van der Waals surface area contributed by atoms with Crippen molar-refractivity contribution in [3.8, 4) is 0 Å². The van der Waals surface area contributed by atoms with Crippen LogP contribution in [0.25, 0.3) is 0 Å². The van der Waals surface area contributed by atoms with Gasteiger partial charge >= 0.3 is 12.1 Å². The number of carbonyl (C=O) groups excluding carboxylic acids is 4. The molecule has 11 heteroatoms. The molecule has 1 unspecified atom stereocenters. The molecule has 10 nitrogen and oxygen atoms in total. The van der Waals surface area contributed by atoms with Crippen LogP contribution in [0, 0.1) is 11.8 Å². The van der Waals surface area contributed by atoms with E-state index in [1.165, 1.54) is 18.2 Å². The van der Waals surface area contributed by atoms with Crippen LogP contribution in [0.15, 0.2) is 52.2 Å². The summed E-state index contributed by atoms with van der Waals surface area (Å²) in [6, 6.07) is 5.86. The summed E-state index contributed by atoms with van der Waals surface area (Å²) in [6.07, 6.45) is 1.11. The van der Waals surface area contributed by atoms with Gasteiger partial charge in [0.2, 0.25) is 5.91 Å². The second-order valence-electron chi connectivity index (χ2n) is 11.0. The van der Waals surface area contributed by atoms with E-state index in [4.69, 9.17) is 9.47 Å². The van der Waals surface area contributed by atoms with Gasteiger partial charge in [-0.05, 0) is 57.6 Å². The Kier molecular flexibility index (Phi) is 13.4. The molecule has 0 radical (unpaired) electrons. The van der Waals surface area contributed by atoms with Crippen LogP contribution in [-0.2, 0) is 33.6 Å². The minimum Gasteiger partial charge on any atom is -0.460 e. The van der Waals surface area contributed by atoms with Crippen LogP contribution >= 0.6 is 0 Å². The molecule has 0 aromatic heterocycles. The Hall–Kier alpha value is -3.21. The Labute approximate surface area is 232 Å². The predicted molar refractivity (Wildman–Crippen MR) is 150 cm³/mol. The first-order valence-electron chi connectivity index (χ1n) is 13.0. The van der Waals surface area contributed by atoms with Crippen LogP contribution in [0.2, 0.25) is 0 Å². The minimum absolute atomic E-state index is 0.0152. The normalized spacial score (nSPS) is 14.5. The largest absolute Gasteiger partial charge is 0.460 e. The lowest BCUT2D eigenvalue weighted by molar-refractivity contribution is -0.147. The highest BCUT2D eigenvalue weighted by molar-refractivity contribution is 7.94. The van der Waals surface area contributed by atoms with Crippen LogP contribution in [0.4, 0.5) is 4.79 Å². The van der Waals surface area contributed by atoms with E-state index in [0.717, 1.165) is 0 Å². The van der Waals surface area contributed by atoms with Crippen molar-refractivity contribution in [1.82, 2.24) is 10.6 Å². The van der Waals surface area contributed by atoms with E-state index < -0.39 is 57.0 Å². The average molecular weight is 566 g/mol. The third-order valence-corrected chi connectivity index (χ3v) is 7.18. The maximum absolute atomic E-state index is 14.1. The number of alkyl carbamates (subject to hydrolysis) is 1. The van der Waals surface area contributed by atoms with Crippen molar-refractivity contribution in [1.29, 1.82) is 0 Å². The molecule has 0 fully saturated rings. The van der Waals surface area contributed by atoms with Gasteiger partial charge in [0.1, 0.15) is 30.0 Å². The van der Waals surface area contributed by atoms with Crippen molar-refractivity contribution in [3.63, 3.8) is 0 Å². The maximum Gasteiger partial charge on any atom is 0.408 e. The lowest BCUT2D eigenvalue weighted by atomic mass is 10.0. The van der Waals surface area contributed by atoms with Crippen LogP contribution in [0.5, 0.6) is 0 Å². The minimum atomic E-state index is -3.63. The first kappa shape index (κ1) is 33.8. The van der Waals surface area contributed by atoms with Gasteiger partial charge in [0.25, 0.3) is 5.91 Å². The summed E-state index contributed by atoms with van der Waals surface area (Å²) < 4.78 is 28.5. The standard InChI is InChI=1S/C28H43N3O7S/c1-9-15-37-26(34)23(17-20(4)5)29-24(32)18-39(36,21-13-11-10-12-14-21)31-25(33)22(16-19(2)3)30-27(35)38-28(6,7)8/h9-14,19-20,22-23H,1,15-18H2,2-8H3,(H,29,32)(H,30,35)/t22-,23-,39?/m0/s1. The summed E-state index contributed by atoms with van der Waals surface area (Å²) in [4.78, 5) is 51.5. The first-order valence-corrected chi connectivity index (χ1v) is 14.6. The van der Waals surface area contributed by atoms with Gasteiger partial charge in [-0.2, -0.15) is 4.36 Å². The molecule has 0 saturated heterocycles. The third-order valence-electron chi connectivity index (χ3n) is 5.04. The average Bonchev–Trinajstić information content (AvgIpc) is 2.80. The van der Waals surface area contributed by atoms with Gasteiger partial charge in [0, 0.05) is 4.90 Å². The number of rotatable bonds is 13. The lowest BCUT2D eigenvalue weighted by Crippen LogP contribution is -2.45. The molecule has 2 N–H and O–H groups in total. The van der Waals surface area contributed by atoms with E-state index in [1.54, 1.807) is 39.0 Å². The molecule has 218 valence electrons. The van der Waals surface area contributed by atoms with Crippen LogP contribution < -0.4 is 10.6 Å². The second-order valence-corrected chi connectivity index (χ2v) is 13.2. The number of ether oxygens (including phenoxy) is 2. The zero-order chi connectivity index (χ0) is 29.8. The Balaban J connectivity index is 3.36. The number of nitrogens with one attached hydrogen (secondary N) is 2. The number of benzene rings is 1. The number of amides is 3. The highest BCUT2D eigenvalue weighted by atomic mass is 32.2. The fourth-order valence-electron chi connectivity index (χ4n) is 3.49. The zero-order valence-corrected chi connectivity index (χ0v) is 24.8. The molecule has 0 saturated carbocycles. The number of esters is 1. The summed E-state index contributed by atoms with van der Waals surface area (Å²) in [5.41, 5.74) is -0.790. The molecule has 1 aromatic rings. The summed E-state index contributed by atoms with van der Waals surface area (Å²) in [6.45, 7) is 16.1. The second kappa shape index (κ2) is 15.4. The molecule has 0 aliphatic carbocycles. The molecule has 0 bridgehead atoms. The summed E-state index contributed by atoms with van der Waals surface area (Å²) in [7, 11) is -3.63. The van der Waals surface area contributed by atoms with Crippen molar-refractivity contribution in [2.24, 2.45) is 16.2 Å². The topological polar surface area (TPSA) is 140 Å². The van der Waals surface area contributed by atoms with Gasteiger partial charge < -0.3 is 20.1 Å². The molecule has 0 aliphatic heterocycles. The number of nitrogens with zero attached hydrogens (tertiary/aromatic N) is 1. The first-order chi connectivity index (χ1) is 18.1. The van der Waals surface area contributed by atoms with E-state index in [9.17, 15) is 23.4 Å². The van der Waals surface area contributed by atoms with Gasteiger partial charge in [0.05, 0.1) is 9.73 Å². The maximum atomic E-state index is 14.1. The summed E-state index contributed by atoms with van der Waals surface area (Å²) in [5, 5.41) is 5.11. The third kappa shape index (κ3) is 12.9. The molecule has 1 rings (SSSR count). The molecule has 0 aliphatic rings. The van der Waals surface area contributed by atoms with Crippen molar-refractivity contribution in [3.05, 3.63) is 43.0 Å². The molecular weight excluding hydrogens is 522 g/mol. The van der Waals surface area contributed by atoms with Crippen LogP contribution in [0.1, 0.15) is 61.3 Å². The SMILES string of the molecule is C=CCOC(=O)[C@H](CC(C)C)NC(=O)CS(=O)(=NC(=O)[C@H](CC(C)C)NC(=O)OC(C)(C)C)c1ccccc1. The van der Waals surface area contributed by atoms with E-state index >= 15 is 0 Å². The van der Waals surface area contributed by atoms with Crippen molar-refractivity contribution >= 4 is 33.6 Å². The molecule has 1 aromatic carbocycles. The molecular formula is C28H43N3O7S. The van der Waals surface area contributed by atoms with E-state index in [2.05, 4.69) is 21.6 Å². The van der Waals surface area contributed by atoms with Gasteiger partial charge in [-0.25, -0.2) is 13.8 Å². The van der Waals surface area contributed by atoms with Crippen molar-refractivity contribution in [2.75, 3.05) is 12.4 Å². The molecule has 3 amide bonds. The quantitative estimate of drug-likeness (QED) is 0.269. The zero-order valence-electron chi connectivity index (χ0n) is 24.0. The van der Waals surface area contributed by atoms with Gasteiger partial charge in [-0.1, -0.05) is 58.5 Å². The number of hydrogen-bond donors (Lipinski definition) is 2. The summed E-state index contributed by atoms with van der Waals surface area (Å²) >= 11 is 0. The predicted octanol–water partition coefficient (Wildman–Crippen LogP) is 4.24. The fourth-order valence-corrected chi connectivity index (χ4v) is 5.27. The highest BCUT2D eigenvalue weighted by Crippen LogP contribution is 2.17. The molecule has 0 spiro atoms. The summed E-state index contributed by atoms with van der Waals surface area (Å²) in [5.74, 6) is -2.87. The van der Waals surface area contributed by atoms with E-state index in [-0.39, 0.29) is 29.8 Å². The fraction of sp³-hybridized carbons (Fsp3) is 0.571. The van der Waals surface area contributed by atoms with Gasteiger partial charge in [-0.15, -0.1) is 0 Å². The Morgan fingerprint density at radius 1 is 0.974 bits per heavy atom. The number of carbonyl (C=O) groups is 4. The van der Waals surface area contributed by atoms with Crippen molar-refractivity contribution in [2.45, 2.75) is 83.9 Å². The number of hydrogen-bond acceptors (Lipinski definition) is 7. The Bertz CT molecular complexity index is 1120. The Morgan fingerprint density at radius 2 is 1.54 bits per heavy atom. The smallest absolute Gasteiger partial charge is 0.408 e.